The zero-order chi connectivity index (χ0) is 18.7. The Morgan fingerprint density at radius 2 is 1.96 bits per heavy atom. The van der Waals surface area contributed by atoms with Crippen molar-refractivity contribution < 1.29 is 24.2 Å². The molecule has 0 aromatic heterocycles. The lowest BCUT2D eigenvalue weighted by Crippen LogP contribution is -2.25. The lowest BCUT2D eigenvalue weighted by atomic mass is 10.1. The topological polar surface area (TPSA) is 76.1 Å². The molecule has 134 valence electrons. The normalized spacial score (nSPS) is 14.5. The van der Waals surface area contributed by atoms with Crippen LogP contribution in [0.15, 0.2) is 48.2 Å². The van der Waals surface area contributed by atoms with Crippen LogP contribution in [-0.4, -0.2) is 37.1 Å². The summed E-state index contributed by atoms with van der Waals surface area (Å²) in [5.41, 5.74) is 2.08. The molecule has 0 atom stereocenters. The SMILES string of the molecule is COc1cc(C=C2C(=O)c3ccccc3N2C(C)=O)ccc1OCCO. The Bertz CT molecular complexity index is 888. The molecular weight excluding hydrogens is 334 g/mol. The van der Waals surface area contributed by atoms with Crippen LogP contribution in [0.1, 0.15) is 22.8 Å². The molecule has 0 saturated heterocycles. The maximum Gasteiger partial charge on any atom is 0.228 e. The predicted octanol–water partition coefficient (Wildman–Crippen LogP) is 2.66. The first-order valence-corrected chi connectivity index (χ1v) is 8.14. The third-order valence-corrected chi connectivity index (χ3v) is 4.02. The van der Waals surface area contributed by atoms with Gasteiger partial charge in [-0.3, -0.25) is 14.5 Å². The predicted molar refractivity (Wildman–Crippen MR) is 97.5 cm³/mol. The van der Waals surface area contributed by atoms with Crippen LogP contribution in [0.4, 0.5) is 5.69 Å². The number of para-hydroxylation sites is 1. The highest BCUT2D eigenvalue weighted by atomic mass is 16.5. The third-order valence-electron chi connectivity index (χ3n) is 4.02. The number of hydrogen-bond donors (Lipinski definition) is 1. The molecule has 2 aromatic rings. The van der Waals surface area contributed by atoms with E-state index in [1.807, 2.05) is 0 Å². The summed E-state index contributed by atoms with van der Waals surface area (Å²) in [6, 6.07) is 12.2. The number of ether oxygens (including phenoxy) is 2. The fourth-order valence-electron chi connectivity index (χ4n) is 2.91. The van der Waals surface area contributed by atoms with Gasteiger partial charge in [0.25, 0.3) is 0 Å². The Hall–Kier alpha value is -3.12. The number of nitrogens with zero attached hydrogens (tertiary/aromatic N) is 1. The number of Topliss-reactive ketones (excluding diaryl/α,β-unsaturated/α-hetero) is 1. The van der Waals surface area contributed by atoms with Crippen molar-refractivity contribution in [1.82, 2.24) is 0 Å². The van der Waals surface area contributed by atoms with Crippen molar-refractivity contribution in [1.29, 1.82) is 0 Å². The molecule has 3 rings (SSSR count). The second-order valence-electron chi connectivity index (χ2n) is 5.71. The quantitative estimate of drug-likeness (QED) is 0.837. The molecule has 0 fully saturated rings. The van der Waals surface area contributed by atoms with E-state index >= 15 is 0 Å². The lowest BCUT2D eigenvalue weighted by molar-refractivity contribution is -0.116. The van der Waals surface area contributed by atoms with E-state index in [4.69, 9.17) is 14.6 Å². The van der Waals surface area contributed by atoms with E-state index in [1.54, 1.807) is 48.5 Å². The van der Waals surface area contributed by atoms with Crippen LogP contribution in [0.2, 0.25) is 0 Å². The standard InChI is InChI=1S/C20H19NO5/c1-13(23)21-16-6-4-3-5-15(16)20(24)17(21)11-14-7-8-18(26-10-9-22)19(12-14)25-2/h3-8,11-12,22H,9-10H2,1-2H3. The van der Waals surface area contributed by atoms with Crippen molar-refractivity contribution in [2.75, 3.05) is 25.2 Å². The van der Waals surface area contributed by atoms with Crippen molar-refractivity contribution in [3.05, 3.63) is 59.3 Å². The summed E-state index contributed by atoms with van der Waals surface area (Å²) < 4.78 is 10.7. The van der Waals surface area contributed by atoms with E-state index in [0.29, 0.717) is 34.0 Å². The number of rotatable bonds is 5. The van der Waals surface area contributed by atoms with Crippen molar-refractivity contribution in [2.24, 2.45) is 0 Å². The number of methoxy groups -OCH3 is 1. The molecule has 1 heterocycles. The van der Waals surface area contributed by atoms with Crippen molar-refractivity contribution >= 4 is 23.5 Å². The summed E-state index contributed by atoms with van der Waals surface area (Å²) in [7, 11) is 1.51. The van der Waals surface area contributed by atoms with Crippen LogP contribution >= 0.6 is 0 Å². The number of aliphatic hydroxyl groups is 1. The molecule has 1 aliphatic rings. The molecule has 0 unspecified atom stereocenters. The number of ketones is 1. The number of fused-ring (bicyclic) bond motifs is 1. The smallest absolute Gasteiger partial charge is 0.228 e. The average molecular weight is 353 g/mol. The highest BCUT2D eigenvalue weighted by Crippen LogP contribution is 2.36. The zero-order valence-corrected chi connectivity index (χ0v) is 14.6. The summed E-state index contributed by atoms with van der Waals surface area (Å²) in [5.74, 6) is 0.540. The van der Waals surface area contributed by atoms with Crippen LogP contribution in [0.25, 0.3) is 6.08 Å². The number of benzene rings is 2. The first kappa shape index (κ1) is 17.7. The maximum atomic E-state index is 12.7. The third kappa shape index (κ3) is 3.19. The van der Waals surface area contributed by atoms with Crippen LogP contribution in [0.5, 0.6) is 11.5 Å². The molecule has 0 radical (unpaired) electrons. The van der Waals surface area contributed by atoms with Gasteiger partial charge in [0.1, 0.15) is 6.61 Å². The Morgan fingerprint density at radius 3 is 2.65 bits per heavy atom. The molecular formula is C20H19NO5. The fraction of sp³-hybridized carbons (Fsp3) is 0.200. The molecule has 6 nitrogen and oxygen atoms in total. The molecule has 1 aliphatic heterocycles. The van der Waals surface area contributed by atoms with Gasteiger partial charge in [0.2, 0.25) is 11.7 Å². The summed E-state index contributed by atoms with van der Waals surface area (Å²) in [6.45, 7) is 1.48. The molecule has 2 aromatic carbocycles. The fourth-order valence-corrected chi connectivity index (χ4v) is 2.91. The second-order valence-corrected chi connectivity index (χ2v) is 5.71. The molecule has 26 heavy (non-hydrogen) atoms. The van der Waals surface area contributed by atoms with Gasteiger partial charge in [-0.05, 0) is 35.9 Å². The maximum absolute atomic E-state index is 12.7. The monoisotopic (exact) mass is 353 g/mol. The summed E-state index contributed by atoms with van der Waals surface area (Å²) in [6.07, 6.45) is 1.65. The van der Waals surface area contributed by atoms with Crippen molar-refractivity contribution in [3.8, 4) is 11.5 Å². The van der Waals surface area contributed by atoms with Gasteiger partial charge in [0.15, 0.2) is 11.5 Å². The van der Waals surface area contributed by atoms with Gasteiger partial charge in [-0.15, -0.1) is 0 Å². The van der Waals surface area contributed by atoms with E-state index in [0.717, 1.165) is 0 Å². The number of anilines is 1. The van der Waals surface area contributed by atoms with Gasteiger partial charge in [-0.25, -0.2) is 0 Å². The largest absolute Gasteiger partial charge is 0.493 e. The molecule has 0 bridgehead atoms. The van der Waals surface area contributed by atoms with Gasteiger partial charge in [0, 0.05) is 12.5 Å². The van der Waals surface area contributed by atoms with Gasteiger partial charge >= 0.3 is 0 Å². The average Bonchev–Trinajstić information content (AvgIpc) is 2.93. The molecule has 1 N–H and O–H groups in total. The number of hydrogen-bond acceptors (Lipinski definition) is 5. The van der Waals surface area contributed by atoms with E-state index < -0.39 is 0 Å². The Morgan fingerprint density at radius 1 is 1.19 bits per heavy atom. The first-order chi connectivity index (χ1) is 12.6. The molecule has 1 amide bonds. The number of carbonyl (C=O) groups excluding carboxylic acids is 2. The van der Waals surface area contributed by atoms with Gasteiger partial charge in [-0.2, -0.15) is 0 Å². The summed E-state index contributed by atoms with van der Waals surface area (Å²) >= 11 is 0. The Kier molecular flexibility index (Phi) is 5.04. The van der Waals surface area contributed by atoms with Crippen molar-refractivity contribution in [2.45, 2.75) is 6.92 Å². The highest BCUT2D eigenvalue weighted by molar-refractivity contribution is 6.26. The first-order valence-electron chi connectivity index (χ1n) is 8.14. The Balaban J connectivity index is 2.01. The molecule has 0 aliphatic carbocycles. The zero-order valence-electron chi connectivity index (χ0n) is 14.6. The second kappa shape index (κ2) is 7.41. The molecule has 0 saturated carbocycles. The van der Waals surface area contributed by atoms with Crippen molar-refractivity contribution in [3.63, 3.8) is 0 Å². The number of aliphatic hydroxyl groups excluding tert-OH is 1. The molecule has 6 heteroatoms. The Labute approximate surface area is 151 Å². The van der Waals surface area contributed by atoms with E-state index in [-0.39, 0.29) is 24.9 Å². The van der Waals surface area contributed by atoms with Crippen LogP contribution in [-0.2, 0) is 4.79 Å². The minimum atomic E-state index is -0.232. The number of amides is 1. The number of carbonyl (C=O) groups is 2. The minimum absolute atomic E-state index is 0.102. The van der Waals surface area contributed by atoms with Gasteiger partial charge < -0.3 is 14.6 Å². The van der Waals surface area contributed by atoms with E-state index in [9.17, 15) is 9.59 Å². The lowest BCUT2D eigenvalue weighted by Gasteiger charge is -2.16. The summed E-state index contributed by atoms with van der Waals surface area (Å²) in [4.78, 5) is 26.3. The van der Waals surface area contributed by atoms with Crippen LogP contribution in [0.3, 0.4) is 0 Å². The minimum Gasteiger partial charge on any atom is -0.493 e. The van der Waals surface area contributed by atoms with Gasteiger partial charge in [-0.1, -0.05) is 18.2 Å². The molecule has 0 spiro atoms. The van der Waals surface area contributed by atoms with Gasteiger partial charge in [0.05, 0.1) is 25.1 Å². The highest BCUT2D eigenvalue weighted by Gasteiger charge is 2.34. The van der Waals surface area contributed by atoms with Crippen LogP contribution in [0, 0.1) is 0 Å². The number of allylic oxidation sites excluding steroid dienone is 1. The van der Waals surface area contributed by atoms with E-state index in [1.165, 1.54) is 18.9 Å². The summed E-state index contributed by atoms with van der Waals surface area (Å²) in [5, 5.41) is 8.88. The van der Waals surface area contributed by atoms with E-state index in [2.05, 4.69) is 0 Å². The van der Waals surface area contributed by atoms with Crippen LogP contribution < -0.4 is 14.4 Å².